The molecule has 0 spiro atoms. The predicted molar refractivity (Wildman–Crippen MR) is 122 cm³/mol. The molecular weight excluding hydrogens is 426 g/mol. The van der Waals surface area contributed by atoms with Crippen LogP contribution in [0.4, 0.5) is 21.8 Å². The van der Waals surface area contributed by atoms with Gasteiger partial charge in [-0.05, 0) is 53.9 Å². The summed E-state index contributed by atoms with van der Waals surface area (Å²) in [6.07, 6.45) is 8.67. The predicted octanol–water partition coefficient (Wildman–Crippen LogP) is 5.77. The first-order valence-corrected chi connectivity index (χ1v) is 8.88. The Bertz CT molecular complexity index is 1040. The Morgan fingerprint density at radius 2 is 1.70 bits per heavy atom. The minimum absolute atomic E-state index is 0. The lowest BCUT2D eigenvalue weighted by molar-refractivity contribution is 0.626. The maximum atomic E-state index is 13.2. The van der Waals surface area contributed by atoms with Crippen LogP contribution in [0.2, 0.25) is 0 Å². The highest BCUT2D eigenvalue weighted by molar-refractivity contribution is 5.85. The largest absolute Gasteiger partial charge is 0.367 e. The topological polar surface area (TPSA) is 78.5 Å². The fraction of sp³-hybridized carbons (Fsp3) is 0.0952. The maximum Gasteiger partial charge on any atom is 0.150 e. The molecule has 3 aromatic heterocycles. The Balaban J connectivity index is 0.00000160. The molecule has 0 radical (unpaired) electrons. The van der Waals surface area contributed by atoms with E-state index >= 15 is 0 Å². The first-order chi connectivity index (χ1) is 13.7. The number of hydrogen-bond donors (Lipinski definition) is 3. The lowest BCUT2D eigenvalue weighted by Crippen LogP contribution is -2.09. The minimum atomic E-state index is -0.251. The second kappa shape index (κ2) is 10.6. The number of nitrogens with one attached hydrogen (secondary N) is 3. The summed E-state index contributed by atoms with van der Waals surface area (Å²) in [5, 5.41) is 6.57. The van der Waals surface area contributed by atoms with E-state index in [1.165, 1.54) is 12.1 Å². The van der Waals surface area contributed by atoms with Crippen LogP contribution >= 0.6 is 24.8 Å². The zero-order valence-corrected chi connectivity index (χ0v) is 17.7. The van der Waals surface area contributed by atoms with Crippen molar-refractivity contribution in [1.82, 2.24) is 19.9 Å². The summed E-state index contributed by atoms with van der Waals surface area (Å²) in [6, 6.07) is 12.3. The first kappa shape index (κ1) is 23.1. The maximum absolute atomic E-state index is 13.2. The van der Waals surface area contributed by atoms with E-state index in [1.54, 1.807) is 30.7 Å². The molecule has 4 aromatic rings. The van der Waals surface area contributed by atoms with Crippen LogP contribution in [-0.4, -0.2) is 19.9 Å². The highest BCUT2D eigenvalue weighted by Crippen LogP contribution is 2.28. The van der Waals surface area contributed by atoms with Gasteiger partial charge in [0, 0.05) is 30.8 Å². The standard InChI is InChI=1S/C21H19FN6.2ClH/c1-14(15-2-4-18(22)5-3-15)26-19-10-17(16-6-7-23-12-16)11-20(27-19)28-21-13-24-8-9-25-21;;/h2-14,23H,1H3,(H2,25,26,27,28);2*1H/t14-;;/m0../s1. The number of halogens is 3. The van der Waals surface area contributed by atoms with Crippen molar-refractivity contribution >= 4 is 42.3 Å². The molecule has 0 saturated carbocycles. The number of pyridine rings is 1. The van der Waals surface area contributed by atoms with E-state index in [-0.39, 0.29) is 36.7 Å². The summed E-state index contributed by atoms with van der Waals surface area (Å²) in [5.41, 5.74) is 3.01. The summed E-state index contributed by atoms with van der Waals surface area (Å²) >= 11 is 0. The number of rotatable bonds is 6. The van der Waals surface area contributed by atoms with Crippen molar-refractivity contribution in [2.45, 2.75) is 13.0 Å². The van der Waals surface area contributed by atoms with E-state index in [2.05, 4.69) is 30.6 Å². The number of hydrogen-bond acceptors (Lipinski definition) is 5. The molecule has 0 aliphatic carbocycles. The molecule has 1 atom stereocenters. The number of aromatic nitrogens is 4. The van der Waals surface area contributed by atoms with Gasteiger partial charge in [-0.25, -0.2) is 14.4 Å². The van der Waals surface area contributed by atoms with Crippen molar-refractivity contribution < 1.29 is 4.39 Å². The van der Waals surface area contributed by atoms with E-state index in [1.807, 2.05) is 37.5 Å². The van der Waals surface area contributed by atoms with Crippen LogP contribution in [0.25, 0.3) is 11.1 Å². The van der Waals surface area contributed by atoms with Gasteiger partial charge in [0.2, 0.25) is 0 Å². The molecular formula is C21H21Cl2FN6. The number of benzene rings is 1. The molecule has 156 valence electrons. The fourth-order valence-corrected chi connectivity index (χ4v) is 2.89. The van der Waals surface area contributed by atoms with Gasteiger partial charge in [0.25, 0.3) is 0 Å². The van der Waals surface area contributed by atoms with Crippen LogP contribution in [0.5, 0.6) is 0 Å². The van der Waals surface area contributed by atoms with Gasteiger partial charge < -0.3 is 15.6 Å². The van der Waals surface area contributed by atoms with Crippen LogP contribution in [0.1, 0.15) is 18.5 Å². The summed E-state index contributed by atoms with van der Waals surface area (Å²) in [5.74, 6) is 1.70. The third kappa shape index (κ3) is 5.68. The molecule has 0 amide bonds. The lowest BCUT2D eigenvalue weighted by atomic mass is 10.1. The molecule has 0 aliphatic rings. The molecule has 0 fully saturated rings. The zero-order valence-electron chi connectivity index (χ0n) is 16.0. The Kier molecular flexibility index (Phi) is 8.15. The van der Waals surface area contributed by atoms with Gasteiger partial charge in [0.1, 0.15) is 23.3 Å². The van der Waals surface area contributed by atoms with Gasteiger partial charge in [-0.3, -0.25) is 4.98 Å². The van der Waals surface area contributed by atoms with E-state index in [9.17, 15) is 4.39 Å². The molecule has 4 rings (SSSR count). The van der Waals surface area contributed by atoms with E-state index < -0.39 is 0 Å². The second-order valence-electron chi connectivity index (χ2n) is 6.36. The quantitative estimate of drug-likeness (QED) is 0.350. The second-order valence-corrected chi connectivity index (χ2v) is 6.36. The van der Waals surface area contributed by atoms with Gasteiger partial charge in [0.05, 0.1) is 6.20 Å². The van der Waals surface area contributed by atoms with Crippen LogP contribution in [0, 0.1) is 5.82 Å². The van der Waals surface area contributed by atoms with Crippen LogP contribution in [-0.2, 0) is 0 Å². The van der Waals surface area contributed by atoms with Gasteiger partial charge in [0.15, 0.2) is 0 Å². The van der Waals surface area contributed by atoms with Gasteiger partial charge in [-0.15, -0.1) is 24.8 Å². The van der Waals surface area contributed by atoms with Crippen molar-refractivity contribution in [1.29, 1.82) is 0 Å². The molecule has 3 N–H and O–H groups in total. The molecule has 0 saturated heterocycles. The Morgan fingerprint density at radius 1 is 0.933 bits per heavy atom. The lowest BCUT2D eigenvalue weighted by Gasteiger charge is -2.17. The van der Waals surface area contributed by atoms with Crippen molar-refractivity contribution in [2.24, 2.45) is 0 Å². The molecule has 0 unspecified atom stereocenters. The van der Waals surface area contributed by atoms with Crippen molar-refractivity contribution in [3.8, 4) is 11.1 Å². The summed E-state index contributed by atoms with van der Waals surface area (Å²) < 4.78 is 13.2. The Labute approximate surface area is 186 Å². The average molecular weight is 447 g/mol. The van der Waals surface area contributed by atoms with Crippen molar-refractivity contribution in [2.75, 3.05) is 10.6 Å². The SMILES string of the molecule is C[C@H](Nc1cc(-c2cc[nH]c2)cc(Nc2cnccn2)n1)c1ccc(F)cc1.Cl.Cl. The molecule has 30 heavy (non-hydrogen) atoms. The minimum Gasteiger partial charge on any atom is -0.367 e. The van der Waals surface area contributed by atoms with Crippen LogP contribution < -0.4 is 10.6 Å². The molecule has 0 bridgehead atoms. The number of H-pyrrole nitrogens is 1. The number of aromatic amines is 1. The molecule has 9 heteroatoms. The fourth-order valence-electron chi connectivity index (χ4n) is 2.89. The van der Waals surface area contributed by atoms with Crippen LogP contribution in [0.3, 0.4) is 0 Å². The molecule has 0 aliphatic heterocycles. The summed E-state index contributed by atoms with van der Waals surface area (Å²) in [7, 11) is 0. The molecule has 1 aromatic carbocycles. The van der Waals surface area contributed by atoms with Gasteiger partial charge >= 0.3 is 0 Å². The summed E-state index contributed by atoms with van der Waals surface area (Å²) in [4.78, 5) is 16.0. The highest BCUT2D eigenvalue weighted by atomic mass is 35.5. The van der Waals surface area contributed by atoms with Gasteiger partial charge in [-0.1, -0.05) is 12.1 Å². The number of nitrogens with zero attached hydrogens (tertiary/aromatic N) is 3. The third-order valence-corrected chi connectivity index (χ3v) is 4.31. The average Bonchev–Trinajstić information content (AvgIpc) is 3.24. The zero-order chi connectivity index (χ0) is 19.3. The Morgan fingerprint density at radius 3 is 2.37 bits per heavy atom. The smallest absolute Gasteiger partial charge is 0.150 e. The third-order valence-electron chi connectivity index (χ3n) is 4.31. The van der Waals surface area contributed by atoms with Crippen molar-refractivity contribution in [3.05, 3.63) is 84.8 Å². The Hall–Kier alpha value is -3.16. The van der Waals surface area contributed by atoms with E-state index in [0.717, 1.165) is 16.7 Å². The van der Waals surface area contributed by atoms with E-state index in [4.69, 9.17) is 0 Å². The van der Waals surface area contributed by atoms with Crippen LogP contribution in [0.15, 0.2) is 73.4 Å². The molecule has 6 nitrogen and oxygen atoms in total. The van der Waals surface area contributed by atoms with Crippen molar-refractivity contribution in [3.63, 3.8) is 0 Å². The summed E-state index contributed by atoms with van der Waals surface area (Å²) in [6.45, 7) is 2.01. The van der Waals surface area contributed by atoms with E-state index in [0.29, 0.717) is 17.5 Å². The monoisotopic (exact) mass is 446 g/mol. The first-order valence-electron chi connectivity index (χ1n) is 8.88. The molecule has 3 heterocycles. The van der Waals surface area contributed by atoms with Gasteiger partial charge in [-0.2, -0.15) is 0 Å². The number of anilines is 3. The normalized spacial score (nSPS) is 11.0. The highest BCUT2D eigenvalue weighted by Gasteiger charge is 2.10.